The molecule has 9 heteroatoms. The molecule has 1 N–H and O–H groups in total. The van der Waals surface area contributed by atoms with Gasteiger partial charge in [0.25, 0.3) is 0 Å². The highest BCUT2D eigenvalue weighted by Crippen LogP contribution is 2.34. The predicted octanol–water partition coefficient (Wildman–Crippen LogP) is 5.21. The predicted molar refractivity (Wildman–Crippen MR) is 88.0 cm³/mol. The Morgan fingerprint density at radius 2 is 2.00 bits per heavy atom. The van der Waals surface area contributed by atoms with E-state index in [4.69, 9.17) is 4.74 Å². The number of nitrogens with zero attached hydrogens (tertiary/aromatic N) is 2. The van der Waals surface area contributed by atoms with Gasteiger partial charge in [-0.2, -0.15) is 13.2 Å². The highest BCUT2D eigenvalue weighted by atomic mass is 32.1. The van der Waals surface area contributed by atoms with Gasteiger partial charge in [-0.1, -0.05) is 0 Å². The lowest BCUT2D eigenvalue weighted by atomic mass is 10.2. The molecule has 0 atom stereocenters. The second-order valence-corrected chi connectivity index (χ2v) is 6.53. The van der Waals surface area contributed by atoms with Crippen molar-refractivity contribution in [2.75, 3.05) is 11.9 Å². The van der Waals surface area contributed by atoms with Crippen molar-refractivity contribution in [1.29, 1.82) is 0 Å². The third kappa shape index (κ3) is 4.36. The van der Waals surface area contributed by atoms with E-state index in [0.717, 1.165) is 21.2 Å². The van der Waals surface area contributed by atoms with Crippen molar-refractivity contribution in [3.8, 4) is 5.75 Å². The monoisotopic (exact) mass is 371 g/mol. The van der Waals surface area contributed by atoms with Crippen LogP contribution < -0.4 is 10.1 Å². The molecule has 1 aromatic carbocycles. The second-order valence-electron chi connectivity index (χ2n) is 5.27. The van der Waals surface area contributed by atoms with E-state index in [-0.39, 0.29) is 5.75 Å². The SMILES string of the molecule is Cc1cc2ncnc(Nc3ccc(F)cc3OCCC(F)(F)F)c2s1. The quantitative estimate of drug-likeness (QED) is 0.625. The van der Waals surface area contributed by atoms with Crippen LogP contribution in [-0.4, -0.2) is 22.8 Å². The van der Waals surface area contributed by atoms with Gasteiger partial charge in [0, 0.05) is 10.9 Å². The fourth-order valence-corrected chi connectivity index (χ4v) is 3.10. The Labute approximate surface area is 144 Å². The maximum Gasteiger partial charge on any atom is 0.392 e. The third-order valence-corrected chi connectivity index (χ3v) is 4.32. The van der Waals surface area contributed by atoms with E-state index >= 15 is 0 Å². The number of anilines is 2. The summed E-state index contributed by atoms with van der Waals surface area (Å²) in [7, 11) is 0. The Morgan fingerprint density at radius 3 is 2.76 bits per heavy atom. The molecule has 0 unspecified atom stereocenters. The number of halogens is 4. The second kappa shape index (κ2) is 6.83. The van der Waals surface area contributed by atoms with E-state index in [2.05, 4.69) is 15.3 Å². The summed E-state index contributed by atoms with van der Waals surface area (Å²) < 4.78 is 56.2. The van der Waals surface area contributed by atoms with Gasteiger partial charge in [-0.15, -0.1) is 11.3 Å². The van der Waals surface area contributed by atoms with Gasteiger partial charge in [0.15, 0.2) is 5.82 Å². The van der Waals surface area contributed by atoms with E-state index in [0.29, 0.717) is 11.5 Å². The van der Waals surface area contributed by atoms with Crippen LogP contribution in [0, 0.1) is 12.7 Å². The average molecular weight is 371 g/mol. The van der Waals surface area contributed by atoms with Gasteiger partial charge in [0.2, 0.25) is 0 Å². The van der Waals surface area contributed by atoms with Crippen LogP contribution in [0.2, 0.25) is 0 Å². The van der Waals surface area contributed by atoms with Gasteiger partial charge in [0.1, 0.15) is 17.9 Å². The molecule has 2 aromatic heterocycles. The van der Waals surface area contributed by atoms with Gasteiger partial charge >= 0.3 is 6.18 Å². The molecule has 0 fully saturated rings. The number of ether oxygens (including phenoxy) is 1. The maximum absolute atomic E-state index is 13.4. The molecule has 0 spiro atoms. The van der Waals surface area contributed by atoms with Crippen LogP contribution in [0.1, 0.15) is 11.3 Å². The summed E-state index contributed by atoms with van der Waals surface area (Å²) in [4.78, 5) is 9.36. The summed E-state index contributed by atoms with van der Waals surface area (Å²) in [6, 6.07) is 5.53. The molecule has 0 aliphatic rings. The van der Waals surface area contributed by atoms with Crippen LogP contribution in [0.3, 0.4) is 0 Å². The first kappa shape index (κ1) is 17.4. The zero-order chi connectivity index (χ0) is 18.0. The van der Waals surface area contributed by atoms with Gasteiger partial charge < -0.3 is 10.1 Å². The minimum absolute atomic E-state index is 0.00992. The molecule has 0 aliphatic carbocycles. The van der Waals surface area contributed by atoms with Crippen LogP contribution in [0.25, 0.3) is 10.2 Å². The summed E-state index contributed by atoms with van der Waals surface area (Å²) >= 11 is 1.48. The van der Waals surface area contributed by atoms with Crippen LogP contribution in [-0.2, 0) is 0 Å². The maximum atomic E-state index is 13.4. The summed E-state index contributed by atoms with van der Waals surface area (Å²) in [5.74, 6) is -0.132. The molecule has 0 saturated heterocycles. The smallest absolute Gasteiger partial charge is 0.392 e. The average Bonchev–Trinajstić information content (AvgIpc) is 2.90. The number of thiophene rings is 1. The van der Waals surface area contributed by atoms with Gasteiger partial charge in [-0.05, 0) is 25.1 Å². The van der Waals surface area contributed by atoms with Crippen molar-refractivity contribution in [2.45, 2.75) is 19.5 Å². The lowest BCUT2D eigenvalue weighted by Gasteiger charge is -2.14. The Kier molecular flexibility index (Phi) is 4.76. The molecule has 0 amide bonds. The van der Waals surface area contributed by atoms with Crippen LogP contribution in [0.15, 0.2) is 30.6 Å². The molecule has 0 saturated carbocycles. The minimum Gasteiger partial charge on any atom is -0.491 e. The van der Waals surface area contributed by atoms with Crippen LogP contribution in [0.4, 0.5) is 29.1 Å². The summed E-state index contributed by atoms with van der Waals surface area (Å²) in [6.07, 6.45) is -4.08. The normalized spacial score (nSPS) is 11.7. The third-order valence-electron chi connectivity index (χ3n) is 3.27. The Hall–Kier alpha value is -2.42. The van der Waals surface area contributed by atoms with Crippen molar-refractivity contribution >= 4 is 33.1 Å². The number of aromatic nitrogens is 2. The summed E-state index contributed by atoms with van der Waals surface area (Å²) in [6.45, 7) is 1.33. The van der Waals surface area contributed by atoms with Crippen molar-refractivity contribution < 1.29 is 22.3 Å². The number of fused-ring (bicyclic) bond motifs is 1. The van der Waals surface area contributed by atoms with E-state index in [1.807, 2.05) is 13.0 Å². The number of hydrogen-bond donors (Lipinski definition) is 1. The molecule has 132 valence electrons. The summed E-state index contributed by atoms with van der Waals surface area (Å²) in [5, 5.41) is 2.99. The first-order valence-electron chi connectivity index (χ1n) is 7.29. The molecular weight excluding hydrogens is 358 g/mol. The van der Waals surface area contributed by atoms with E-state index in [1.165, 1.54) is 29.8 Å². The molecular formula is C16H13F4N3OS. The summed E-state index contributed by atoms with van der Waals surface area (Å²) in [5.41, 5.74) is 1.08. The minimum atomic E-state index is -4.34. The van der Waals surface area contributed by atoms with E-state index in [9.17, 15) is 17.6 Å². The molecule has 0 aliphatic heterocycles. The van der Waals surface area contributed by atoms with Crippen molar-refractivity contribution in [2.24, 2.45) is 0 Å². The van der Waals surface area contributed by atoms with Crippen LogP contribution >= 0.6 is 11.3 Å². The number of benzene rings is 1. The molecule has 25 heavy (non-hydrogen) atoms. The largest absolute Gasteiger partial charge is 0.491 e. The first-order chi connectivity index (χ1) is 11.8. The Balaban J connectivity index is 1.86. The number of nitrogens with one attached hydrogen (secondary N) is 1. The molecule has 0 radical (unpaired) electrons. The molecule has 2 heterocycles. The highest BCUT2D eigenvalue weighted by Gasteiger charge is 2.27. The molecule has 3 rings (SSSR count). The van der Waals surface area contributed by atoms with Gasteiger partial charge in [-0.3, -0.25) is 0 Å². The van der Waals surface area contributed by atoms with E-state index in [1.54, 1.807) is 0 Å². The van der Waals surface area contributed by atoms with Crippen molar-refractivity contribution in [1.82, 2.24) is 9.97 Å². The zero-order valence-electron chi connectivity index (χ0n) is 13.0. The van der Waals surface area contributed by atoms with Crippen molar-refractivity contribution in [3.05, 3.63) is 41.3 Å². The van der Waals surface area contributed by atoms with Crippen molar-refractivity contribution in [3.63, 3.8) is 0 Å². The van der Waals surface area contributed by atoms with E-state index < -0.39 is 25.0 Å². The Bertz CT molecular complexity index is 895. The first-order valence-corrected chi connectivity index (χ1v) is 8.11. The lowest BCUT2D eigenvalue weighted by molar-refractivity contribution is -0.139. The number of hydrogen-bond acceptors (Lipinski definition) is 5. The lowest BCUT2D eigenvalue weighted by Crippen LogP contribution is -2.13. The number of aryl methyl sites for hydroxylation is 1. The van der Waals surface area contributed by atoms with Gasteiger partial charge in [-0.25, -0.2) is 14.4 Å². The topological polar surface area (TPSA) is 47.0 Å². The standard InChI is InChI=1S/C16H13F4N3OS/c1-9-6-12-14(25-9)15(22-8-21-12)23-11-3-2-10(17)7-13(11)24-5-4-16(18,19)20/h2-3,6-8H,4-5H2,1H3,(H,21,22,23). The van der Waals surface area contributed by atoms with Crippen LogP contribution in [0.5, 0.6) is 5.75 Å². The number of rotatable bonds is 5. The fraction of sp³-hybridized carbons (Fsp3) is 0.250. The highest BCUT2D eigenvalue weighted by molar-refractivity contribution is 7.19. The zero-order valence-corrected chi connectivity index (χ0v) is 13.8. The Morgan fingerprint density at radius 1 is 1.20 bits per heavy atom. The number of alkyl halides is 3. The molecule has 3 aromatic rings. The molecule has 0 bridgehead atoms. The molecule has 4 nitrogen and oxygen atoms in total. The fourth-order valence-electron chi connectivity index (χ4n) is 2.19. The van der Waals surface area contributed by atoms with Gasteiger partial charge in [0.05, 0.1) is 28.9 Å².